The molecular formula is C12H25ClN2O3S. The Kier molecular flexibility index (Phi) is 7.93. The topological polar surface area (TPSA) is 66.5 Å². The SMILES string of the molecule is CCCN(C(=O)C(C)CNC)C1CCS(=O)(=O)C1.Cl. The third kappa shape index (κ3) is 5.28. The van der Waals surface area contributed by atoms with Crippen molar-refractivity contribution in [2.24, 2.45) is 5.92 Å². The van der Waals surface area contributed by atoms with E-state index in [0.717, 1.165) is 6.42 Å². The van der Waals surface area contributed by atoms with Crippen molar-refractivity contribution in [3.05, 3.63) is 0 Å². The lowest BCUT2D eigenvalue weighted by Gasteiger charge is -2.30. The molecule has 1 heterocycles. The predicted octanol–water partition coefficient (Wildman–Crippen LogP) is 0.689. The second kappa shape index (κ2) is 8.07. The molecule has 1 rings (SSSR count). The number of carbonyl (C=O) groups excluding carboxylic acids is 1. The predicted molar refractivity (Wildman–Crippen MR) is 79.4 cm³/mol. The van der Waals surface area contributed by atoms with E-state index in [4.69, 9.17) is 0 Å². The lowest BCUT2D eigenvalue weighted by molar-refractivity contribution is -0.136. The van der Waals surface area contributed by atoms with Crippen molar-refractivity contribution in [2.75, 3.05) is 31.6 Å². The molecule has 19 heavy (non-hydrogen) atoms. The first-order chi connectivity index (χ1) is 8.41. The highest BCUT2D eigenvalue weighted by Crippen LogP contribution is 2.20. The fourth-order valence-electron chi connectivity index (χ4n) is 2.41. The van der Waals surface area contributed by atoms with Gasteiger partial charge in [-0.15, -0.1) is 12.4 Å². The number of carbonyl (C=O) groups is 1. The summed E-state index contributed by atoms with van der Waals surface area (Å²) in [5.41, 5.74) is 0. The van der Waals surface area contributed by atoms with Crippen LogP contribution in [0.4, 0.5) is 0 Å². The van der Waals surface area contributed by atoms with Crippen LogP contribution in [0, 0.1) is 5.92 Å². The Hall–Kier alpha value is -0.330. The third-order valence-electron chi connectivity index (χ3n) is 3.33. The van der Waals surface area contributed by atoms with Crippen LogP contribution >= 0.6 is 12.4 Å². The highest BCUT2D eigenvalue weighted by molar-refractivity contribution is 7.91. The van der Waals surface area contributed by atoms with Gasteiger partial charge >= 0.3 is 0 Å². The molecule has 0 aromatic carbocycles. The first-order valence-electron chi connectivity index (χ1n) is 6.56. The summed E-state index contributed by atoms with van der Waals surface area (Å²) in [6.07, 6.45) is 1.44. The normalized spacial score (nSPS) is 22.6. The summed E-state index contributed by atoms with van der Waals surface area (Å²) >= 11 is 0. The highest BCUT2D eigenvalue weighted by atomic mass is 35.5. The van der Waals surface area contributed by atoms with Gasteiger partial charge in [0.25, 0.3) is 0 Å². The van der Waals surface area contributed by atoms with Gasteiger partial charge in [0.1, 0.15) is 0 Å². The summed E-state index contributed by atoms with van der Waals surface area (Å²) in [5.74, 6) is 0.300. The standard InChI is InChI=1S/C12H24N2O3S.ClH/c1-4-6-14(12(15)10(2)8-13-3)11-5-7-18(16,17)9-11;/h10-11,13H,4-9H2,1-3H3;1H. The molecule has 0 aromatic rings. The molecule has 5 nitrogen and oxygen atoms in total. The van der Waals surface area contributed by atoms with Crippen molar-refractivity contribution < 1.29 is 13.2 Å². The summed E-state index contributed by atoms with van der Waals surface area (Å²) in [6, 6.07) is -0.123. The van der Waals surface area contributed by atoms with Crippen molar-refractivity contribution in [3.8, 4) is 0 Å². The fraction of sp³-hybridized carbons (Fsp3) is 0.917. The van der Waals surface area contributed by atoms with Crippen molar-refractivity contribution in [1.82, 2.24) is 10.2 Å². The molecule has 1 fully saturated rings. The van der Waals surface area contributed by atoms with Gasteiger partial charge < -0.3 is 10.2 Å². The first kappa shape index (κ1) is 18.7. The van der Waals surface area contributed by atoms with Crippen LogP contribution in [0.15, 0.2) is 0 Å². The summed E-state index contributed by atoms with van der Waals surface area (Å²) in [4.78, 5) is 14.1. The maximum atomic E-state index is 12.3. The van der Waals surface area contributed by atoms with E-state index in [9.17, 15) is 13.2 Å². The Labute approximate surface area is 122 Å². The van der Waals surface area contributed by atoms with Crippen LogP contribution in [0.5, 0.6) is 0 Å². The smallest absolute Gasteiger partial charge is 0.226 e. The first-order valence-corrected chi connectivity index (χ1v) is 8.39. The average molecular weight is 313 g/mol. The maximum absolute atomic E-state index is 12.3. The van der Waals surface area contributed by atoms with Crippen LogP contribution in [-0.4, -0.2) is 56.9 Å². The van der Waals surface area contributed by atoms with Crippen molar-refractivity contribution in [2.45, 2.75) is 32.7 Å². The minimum absolute atomic E-state index is 0. The van der Waals surface area contributed by atoms with Crippen LogP contribution in [0.2, 0.25) is 0 Å². The quantitative estimate of drug-likeness (QED) is 0.783. The zero-order chi connectivity index (χ0) is 13.8. The zero-order valence-electron chi connectivity index (χ0n) is 11.9. The van der Waals surface area contributed by atoms with E-state index < -0.39 is 9.84 Å². The monoisotopic (exact) mass is 312 g/mol. The summed E-state index contributed by atoms with van der Waals surface area (Å²) < 4.78 is 23.0. The van der Waals surface area contributed by atoms with E-state index in [2.05, 4.69) is 5.32 Å². The number of rotatable bonds is 6. The number of nitrogens with one attached hydrogen (secondary N) is 1. The van der Waals surface area contributed by atoms with E-state index in [0.29, 0.717) is 19.5 Å². The van der Waals surface area contributed by atoms with Gasteiger partial charge in [0.15, 0.2) is 9.84 Å². The van der Waals surface area contributed by atoms with Gasteiger partial charge in [-0.05, 0) is 19.9 Å². The Morgan fingerprint density at radius 2 is 2.11 bits per heavy atom. The molecule has 0 aromatic heterocycles. The molecule has 0 radical (unpaired) electrons. The van der Waals surface area contributed by atoms with Crippen LogP contribution in [0.25, 0.3) is 0 Å². The number of amides is 1. The minimum Gasteiger partial charge on any atom is -0.338 e. The number of hydrogen-bond donors (Lipinski definition) is 1. The van der Waals surface area contributed by atoms with Gasteiger partial charge in [0.05, 0.1) is 11.5 Å². The molecule has 1 aliphatic rings. The van der Waals surface area contributed by atoms with Crippen molar-refractivity contribution in [1.29, 1.82) is 0 Å². The highest BCUT2D eigenvalue weighted by Gasteiger charge is 2.35. The Balaban J connectivity index is 0.00000324. The molecule has 114 valence electrons. The largest absolute Gasteiger partial charge is 0.338 e. The Morgan fingerprint density at radius 1 is 1.47 bits per heavy atom. The summed E-state index contributed by atoms with van der Waals surface area (Å²) in [6.45, 7) is 5.16. The minimum atomic E-state index is -2.94. The third-order valence-corrected chi connectivity index (χ3v) is 5.08. The van der Waals surface area contributed by atoms with Gasteiger partial charge in [-0.1, -0.05) is 13.8 Å². The molecule has 7 heteroatoms. The summed E-state index contributed by atoms with van der Waals surface area (Å²) in [7, 11) is -1.13. The molecule has 2 unspecified atom stereocenters. The lowest BCUT2D eigenvalue weighted by atomic mass is 10.1. The lowest BCUT2D eigenvalue weighted by Crippen LogP contribution is -2.45. The van der Waals surface area contributed by atoms with Crippen LogP contribution < -0.4 is 5.32 Å². The number of nitrogens with zero attached hydrogens (tertiary/aromatic N) is 1. The van der Waals surface area contributed by atoms with Crippen molar-refractivity contribution in [3.63, 3.8) is 0 Å². The molecule has 1 saturated heterocycles. The fourth-order valence-corrected chi connectivity index (χ4v) is 4.14. The van der Waals surface area contributed by atoms with Gasteiger partial charge in [-0.3, -0.25) is 4.79 Å². The van der Waals surface area contributed by atoms with Crippen LogP contribution in [0.3, 0.4) is 0 Å². The second-order valence-corrected chi connectivity index (χ2v) is 7.28. The van der Waals surface area contributed by atoms with Gasteiger partial charge in [-0.2, -0.15) is 0 Å². The Bertz CT molecular complexity index is 386. The molecule has 1 aliphatic heterocycles. The van der Waals surface area contributed by atoms with E-state index >= 15 is 0 Å². The number of halogens is 1. The maximum Gasteiger partial charge on any atom is 0.226 e. The van der Waals surface area contributed by atoms with E-state index in [1.165, 1.54) is 0 Å². The average Bonchev–Trinajstić information content (AvgIpc) is 2.66. The number of sulfone groups is 1. The van der Waals surface area contributed by atoms with Crippen LogP contribution in [-0.2, 0) is 14.6 Å². The molecule has 0 spiro atoms. The van der Waals surface area contributed by atoms with Crippen LogP contribution in [0.1, 0.15) is 26.7 Å². The molecule has 0 aliphatic carbocycles. The van der Waals surface area contributed by atoms with Crippen molar-refractivity contribution >= 4 is 28.2 Å². The molecule has 1 N–H and O–H groups in total. The molecule has 2 atom stereocenters. The Morgan fingerprint density at radius 3 is 2.53 bits per heavy atom. The number of hydrogen-bond acceptors (Lipinski definition) is 4. The van der Waals surface area contributed by atoms with E-state index in [1.54, 1.807) is 4.90 Å². The van der Waals surface area contributed by atoms with Gasteiger partial charge in [0.2, 0.25) is 5.91 Å². The second-order valence-electron chi connectivity index (χ2n) is 5.05. The molecular weight excluding hydrogens is 288 g/mol. The zero-order valence-corrected chi connectivity index (χ0v) is 13.5. The molecule has 0 bridgehead atoms. The molecule has 1 amide bonds. The van der Waals surface area contributed by atoms with E-state index in [-0.39, 0.29) is 41.8 Å². The summed E-state index contributed by atoms with van der Waals surface area (Å²) in [5, 5.41) is 2.99. The van der Waals surface area contributed by atoms with E-state index in [1.807, 2.05) is 20.9 Å². The molecule has 0 saturated carbocycles. The van der Waals surface area contributed by atoms with Gasteiger partial charge in [0, 0.05) is 25.0 Å². The van der Waals surface area contributed by atoms with Gasteiger partial charge in [-0.25, -0.2) is 8.42 Å².